The highest BCUT2D eigenvalue weighted by Crippen LogP contribution is 2.16. The molecule has 0 aliphatic carbocycles. The monoisotopic (exact) mass is 199 g/mol. The van der Waals surface area contributed by atoms with Crippen molar-refractivity contribution in [2.45, 2.75) is 0 Å². The third-order valence-corrected chi connectivity index (χ3v) is 2.62. The predicted octanol–water partition coefficient (Wildman–Crippen LogP) is 1.41. The molecule has 0 fully saturated rings. The fourth-order valence-electron chi connectivity index (χ4n) is 1.77. The third kappa shape index (κ3) is 1.08. The molecule has 0 saturated heterocycles. The number of aryl methyl sites for hydroxylation is 1. The van der Waals surface area contributed by atoms with Crippen LogP contribution in [-0.2, 0) is 7.05 Å². The lowest BCUT2D eigenvalue weighted by Gasteiger charge is -2.00. The minimum atomic E-state index is 0.0115. The standard InChI is InChI=1S/C11H9N3O/c1-14-3-2-7-4-9-10(13-6-12-9)5-8(7)11(14)15/h2-6H,1H3,(H,12,13). The molecule has 3 rings (SSSR count). The van der Waals surface area contributed by atoms with Gasteiger partial charge >= 0.3 is 0 Å². The summed E-state index contributed by atoms with van der Waals surface area (Å²) in [4.78, 5) is 19.0. The van der Waals surface area contributed by atoms with Gasteiger partial charge in [0, 0.05) is 18.6 Å². The van der Waals surface area contributed by atoms with Crippen LogP contribution in [0.4, 0.5) is 0 Å². The van der Waals surface area contributed by atoms with Gasteiger partial charge in [-0.15, -0.1) is 0 Å². The highest BCUT2D eigenvalue weighted by Gasteiger charge is 2.03. The van der Waals surface area contributed by atoms with Crippen molar-refractivity contribution in [2.75, 3.05) is 0 Å². The number of aromatic nitrogens is 3. The zero-order valence-electron chi connectivity index (χ0n) is 8.19. The van der Waals surface area contributed by atoms with E-state index in [-0.39, 0.29) is 5.56 Å². The Bertz CT molecular complexity index is 708. The van der Waals surface area contributed by atoms with Crippen LogP contribution < -0.4 is 5.56 Å². The number of nitrogens with zero attached hydrogens (tertiary/aromatic N) is 2. The summed E-state index contributed by atoms with van der Waals surface area (Å²) in [6.45, 7) is 0. The molecule has 74 valence electrons. The SMILES string of the molecule is Cn1ccc2cc3[nH]cnc3cc2c1=O. The second kappa shape index (κ2) is 2.70. The van der Waals surface area contributed by atoms with Gasteiger partial charge in [0.25, 0.3) is 5.56 Å². The van der Waals surface area contributed by atoms with Gasteiger partial charge < -0.3 is 9.55 Å². The molecule has 15 heavy (non-hydrogen) atoms. The van der Waals surface area contributed by atoms with Gasteiger partial charge in [-0.2, -0.15) is 0 Å². The second-order valence-electron chi connectivity index (χ2n) is 3.59. The van der Waals surface area contributed by atoms with Gasteiger partial charge in [0.1, 0.15) is 0 Å². The van der Waals surface area contributed by atoms with E-state index in [1.807, 2.05) is 18.2 Å². The molecule has 0 atom stereocenters. The molecule has 4 nitrogen and oxygen atoms in total. The van der Waals surface area contributed by atoms with Gasteiger partial charge in [-0.1, -0.05) is 0 Å². The fraction of sp³-hybridized carbons (Fsp3) is 0.0909. The fourth-order valence-corrected chi connectivity index (χ4v) is 1.77. The van der Waals surface area contributed by atoms with E-state index >= 15 is 0 Å². The summed E-state index contributed by atoms with van der Waals surface area (Å²) in [5, 5.41) is 1.65. The Kier molecular flexibility index (Phi) is 1.48. The summed E-state index contributed by atoms with van der Waals surface area (Å²) in [6, 6.07) is 5.69. The molecule has 2 aromatic heterocycles. The molecule has 1 aromatic carbocycles. The van der Waals surface area contributed by atoms with E-state index in [9.17, 15) is 4.79 Å². The number of pyridine rings is 1. The average molecular weight is 199 g/mol. The first-order valence-corrected chi connectivity index (χ1v) is 4.68. The van der Waals surface area contributed by atoms with Crippen molar-refractivity contribution >= 4 is 21.8 Å². The molecule has 4 heteroatoms. The number of nitrogens with one attached hydrogen (secondary N) is 1. The number of aromatic amines is 1. The van der Waals surface area contributed by atoms with Crippen LogP contribution in [0.3, 0.4) is 0 Å². The van der Waals surface area contributed by atoms with Gasteiger partial charge in [-0.05, 0) is 23.6 Å². The summed E-state index contributed by atoms with van der Waals surface area (Å²) >= 11 is 0. The van der Waals surface area contributed by atoms with Crippen molar-refractivity contribution in [2.24, 2.45) is 7.05 Å². The minimum absolute atomic E-state index is 0.0115. The van der Waals surface area contributed by atoms with Crippen LogP contribution in [0.1, 0.15) is 0 Å². The summed E-state index contributed by atoms with van der Waals surface area (Å²) in [5.74, 6) is 0. The summed E-state index contributed by atoms with van der Waals surface area (Å²) in [5.41, 5.74) is 1.79. The van der Waals surface area contributed by atoms with Crippen molar-refractivity contribution in [3.63, 3.8) is 0 Å². The molecule has 2 heterocycles. The number of hydrogen-bond donors (Lipinski definition) is 1. The van der Waals surface area contributed by atoms with E-state index < -0.39 is 0 Å². The Morgan fingerprint density at radius 1 is 1.40 bits per heavy atom. The van der Waals surface area contributed by atoms with Crippen molar-refractivity contribution in [1.82, 2.24) is 14.5 Å². The number of imidazole rings is 1. The molecule has 0 radical (unpaired) electrons. The molecule has 0 spiro atoms. The molecular formula is C11H9N3O. The first-order valence-electron chi connectivity index (χ1n) is 4.68. The van der Waals surface area contributed by atoms with Gasteiger partial charge in [-0.3, -0.25) is 4.79 Å². The number of benzene rings is 1. The summed E-state index contributed by atoms with van der Waals surface area (Å²) in [7, 11) is 1.75. The average Bonchev–Trinajstić information content (AvgIpc) is 2.68. The maximum Gasteiger partial charge on any atom is 0.258 e. The number of fused-ring (bicyclic) bond motifs is 2. The zero-order valence-corrected chi connectivity index (χ0v) is 8.19. The summed E-state index contributed by atoms with van der Waals surface area (Å²) < 4.78 is 1.57. The van der Waals surface area contributed by atoms with Crippen LogP contribution in [0.15, 0.2) is 35.5 Å². The summed E-state index contributed by atoms with van der Waals surface area (Å²) in [6.07, 6.45) is 3.40. The van der Waals surface area contributed by atoms with Crippen LogP contribution in [0.2, 0.25) is 0 Å². The van der Waals surface area contributed by atoms with Gasteiger partial charge in [0.05, 0.1) is 17.4 Å². The Balaban J connectivity index is 2.60. The van der Waals surface area contributed by atoms with Gasteiger partial charge in [0.2, 0.25) is 0 Å². The third-order valence-electron chi connectivity index (χ3n) is 2.62. The molecule has 0 unspecified atom stereocenters. The van der Waals surface area contributed by atoms with E-state index in [0.717, 1.165) is 16.4 Å². The highest BCUT2D eigenvalue weighted by atomic mass is 16.1. The Morgan fingerprint density at radius 3 is 3.13 bits per heavy atom. The predicted molar refractivity (Wildman–Crippen MR) is 58.8 cm³/mol. The van der Waals surface area contributed by atoms with Crippen LogP contribution >= 0.6 is 0 Å². The maximum atomic E-state index is 11.8. The van der Waals surface area contributed by atoms with Crippen molar-refractivity contribution in [1.29, 1.82) is 0 Å². The Hall–Kier alpha value is -2.10. The Labute approximate surface area is 85.2 Å². The molecule has 0 amide bonds. The molecule has 0 aliphatic rings. The normalized spacial score (nSPS) is 11.3. The topological polar surface area (TPSA) is 50.7 Å². The Morgan fingerprint density at radius 2 is 2.27 bits per heavy atom. The largest absolute Gasteiger partial charge is 0.345 e. The molecule has 0 saturated carbocycles. The molecule has 3 aromatic rings. The molecule has 0 aliphatic heterocycles. The zero-order chi connectivity index (χ0) is 10.4. The molecule has 1 N–H and O–H groups in total. The lowest BCUT2D eigenvalue weighted by Crippen LogP contribution is -2.15. The maximum absolute atomic E-state index is 11.8. The van der Waals surface area contributed by atoms with E-state index in [0.29, 0.717) is 5.39 Å². The van der Waals surface area contributed by atoms with E-state index in [1.165, 1.54) is 0 Å². The van der Waals surface area contributed by atoms with E-state index in [2.05, 4.69) is 9.97 Å². The first-order chi connectivity index (χ1) is 7.25. The molecule has 0 bridgehead atoms. The van der Waals surface area contributed by atoms with E-state index in [4.69, 9.17) is 0 Å². The quantitative estimate of drug-likeness (QED) is 0.595. The number of rotatable bonds is 0. The first kappa shape index (κ1) is 8.23. The van der Waals surface area contributed by atoms with Crippen molar-refractivity contribution in [3.05, 3.63) is 41.1 Å². The second-order valence-corrected chi connectivity index (χ2v) is 3.59. The smallest absolute Gasteiger partial charge is 0.258 e. The van der Waals surface area contributed by atoms with Crippen LogP contribution in [0, 0.1) is 0 Å². The highest BCUT2D eigenvalue weighted by molar-refractivity contribution is 5.94. The van der Waals surface area contributed by atoms with Gasteiger partial charge in [0.15, 0.2) is 0 Å². The van der Waals surface area contributed by atoms with Crippen molar-refractivity contribution < 1.29 is 0 Å². The van der Waals surface area contributed by atoms with Crippen LogP contribution in [0.25, 0.3) is 21.8 Å². The lowest BCUT2D eigenvalue weighted by atomic mass is 10.1. The van der Waals surface area contributed by atoms with Crippen molar-refractivity contribution in [3.8, 4) is 0 Å². The lowest BCUT2D eigenvalue weighted by molar-refractivity contribution is 0.873. The number of hydrogen-bond acceptors (Lipinski definition) is 2. The minimum Gasteiger partial charge on any atom is -0.345 e. The van der Waals surface area contributed by atoms with Crippen LogP contribution in [-0.4, -0.2) is 14.5 Å². The molecular weight excluding hydrogens is 190 g/mol. The van der Waals surface area contributed by atoms with E-state index in [1.54, 1.807) is 24.1 Å². The van der Waals surface area contributed by atoms with Crippen LogP contribution in [0.5, 0.6) is 0 Å². The number of H-pyrrole nitrogens is 1. The van der Waals surface area contributed by atoms with Gasteiger partial charge in [-0.25, -0.2) is 4.98 Å².